The average Bonchev–Trinajstić information content (AvgIpc) is 1.43. The van der Waals surface area contributed by atoms with Crippen LogP contribution in [0.5, 0.6) is 0 Å². The fourth-order valence-corrected chi connectivity index (χ4v) is 23.4. The van der Waals surface area contributed by atoms with E-state index >= 15 is 4.79 Å². The van der Waals surface area contributed by atoms with Gasteiger partial charge in [0.2, 0.25) is 6.29 Å². The Morgan fingerprint density at radius 2 is 0.992 bits per heavy atom. The SMILES string of the molecule is CC(=O)OC1C(C)OC(OC(=O)[C@]23CCC(C)(C)CC2C2=CCC4[C@@]5(C)CC[C@H](OC6OC(C(=O)O)C(O)C(OC7OCC(O)C(O)C7O)C6OC6OC(CO)C(O)C(O)C6O)[C@@](C)(C=O)C5CC[C@@]4(C)[C@]2(C)C[C@H]3O)C(OC2OC(C)C(OC3OCC(O)C(OC4OCC(O)(CO)C4O)C3O)C(OC3OC(CO)C(O)C(O)C3O)C2O)C1OC1OC(C)C(O)C(O)C1C. The number of carboxylic acid groups (broad SMARTS) is 1. The molecule has 51 atom stereocenters. The molecule has 0 bridgehead atoms. The van der Waals surface area contributed by atoms with Gasteiger partial charge in [0.15, 0.2) is 68.6 Å². The summed E-state index contributed by atoms with van der Waals surface area (Å²) in [6.45, 7) is 14.0. The third-order valence-electron chi connectivity index (χ3n) is 31.4. The van der Waals surface area contributed by atoms with Crippen molar-refractivity contribution in [3.05, 3.63) is 11.6 Å². The maximum absolute atomic E-state index is 16.7. The minimum Gasteiger partial charge on any atom is -0.479 e. The molecule has 45 nitrogen and oxygen atoms in total. The molecule has 45 heteroatoms. The Morgan fingerprint density at radius 3 is 1.59 bits per heavy atom. The van der Waals surface area contributed by atoms with Crippen molar-refractivity contribution in [2.45, 2.75) is 391 Å². The van der Waals surface area contributed by atoms with E-state index in [0.717, 1.165) is 18.8 Å². The minimum absolute atomic E-state index is 0.00309. The number of aliphatic hydroxyl groups excluding tert-OH is 20. The average molecular weight is 1860 g/mol. The molecule has 22 N–H and O–H groups in total. The van der Waals surface area contributed by atoms with Crippen LogP contribution in [0.15, 0.2) is 11.6 Å². The molecule has 0 radical (unpaired) electrons. The van der Waals surface area contributed by atoms with Crippen molar-refractivity contribution in [1.29, 1.82) is 0 Å². The largest absolute Gasteiger partial charge is 0.479 e. The summed E-state index contributed by atoms with van der Waals surface area (Å²) in [6.07, 6.45) is -71.0. The molecule has 14 aliphatic rings. The van der Waals surface area contributed by atoms with E-state index in [4.69, 9.17) is 90.0 Å². The van der Waals surface area contributed by atoms with Crippen LogP contribution in [0.3, 0.4) is 0 Å². The predicted molar refractivity (Wildman–Crippen MR) is 419 cm³/mol. The molecule has 0 aromatic heterocycles. The van der Waals surface area contributed by atoms with E-state index in [-0.39, 0.29) is 31.6 Å². The van der Waals surface area contributed by atoms with Gasteiger partial charge >= 0.3 is 17.9 Å². The van der Waals surface area contributed by atoms with Crippen LogP contribution < -0.4 is 0 Å². The van der Waals surface area contributed by atoms with Crippen molar-refractivity contribution in [2.75, 3.05) is 39.6 Å². The zero-order valence-corrected chi connectivity index (χ0v) is 73.5. The first-order valence-corrected chi connectivity index (χ1v) is 44.5. The number of aldehydes is 1. The number of aliphatic hydroxyl groups is 21. The van der Waals surface area contributed by atoms with Crippen LogP contribution in [0.4, 0.5) is 0 Å². The molecule has 44 unspecified atom stereocenters. The van der Waals surface area contributed by atoms with Gasteiger partial charge < -0.3 is 207 Å². The molecule has 5 aliphatic carbocycles. The lowest BCUT2D eigenvalue weighted by atomic mass is 9.33. The van der Waals surface area contributed by atoms with E-state index in [1.165, 1.54) is 27.7 Å². The zero-order chi connectivity index (χ0) is 94.2. The Bertz CT molecular complexity index is 3890. The summed E-state index contributed by atoms with van der Waals surface area (Å²) in [6, 6.07) is 0. The molecule has 0 aromatic carbocycles. The van der Waals surface area contributed by atoms with Crippen LogP contribution in [0.25, 0.3) is 0 Å². The summed E-state index contributed by atoms with van der Waals surface area (Å²) in [4.78, 5) is 57.8. The highest BCUT2D eigenvalue weighted by Crippen LogP contribution is 2.76. The molecule has 13 fully saturated rings. The number of carbonyl (C=O) groups is 4. The lowest BCUT2D eigenvalue weighted by Crippen LogP contribution is -2.70. The number of hydrogen-bond donors (Lipinski definition) is 22. The first-order valence-electron chi connectivity index (χ1n) is 44.5. The highest BCUT2D eigenvalue weighted by atomic mass is 16.8. The summed E-state index contributed by atoms with van der Waals surface area (Å²) in [5.74, 6) is -6.52. The number of ether oxygens (including phenoxy) is 19. The number of carbonyl (C=O) groups excluding carboxylic acids is 3. The smallest absolute Gasteiger partial charge is 0.335 e. The van der Waals surface area contributed by atoms with E-state index in [1.807, 2.05) is 13.8 Å². The van der Waals surface area contributed by atoms with Gasteiger partial charge in [-0.15, -0.1) is 0 Å². The van der Waals surface area contributed by atoms with Gasteiger partial charge in [-0.3, -0.25) is 9.59 Å². The second-order valence-electron chi connectivity index (χ2n) is 39.8. The van der Waals surface area contributed by atoms with E-state index in [9.17, 15) is 127 Å². The maximum atomic E-state index is 16.7. The number of carboxylic acids is 1. The Morgan fingerprint density at radius 1 is 0.465 bits per heavy atom. The van der Waals surface area contributed by atoms with Gasteiger partial charge in [0, 0.05) is 12.8 Å². The van der Waals surface area contributed by atoms with Gasteiger partial charge in [-0.05, 0) is 118 Å². The highest BCUT2D eigenvalue weighted by molar-refractivity contribution is 5.80. The third kappa shape index (κ3) is 18.0. The summed E-state index contributed by atoms with van der Waals surface area (Å²) in [5, 5.41) is 246. The van der Waals surface area contributed by atoms with Crippen molar-refractivity contribution in [3.8, 4) is 0 Å². The summed E-state index contributed by atoms with van der Waals surface area (Å²) in [7, 11) is 0. The highest BCUT2D eigenvalue weighted by Gasteiger charge is 2.74. The fraction of sp³-hybridized carbons (Fsp3) is 0.929. The number of hydrogen-bond acceptors (Lipinski definition) is 44. The van der Waals surface area contributed by atoms with E-state index in [0.29, 0.717) is 32.1 Å². The van der Waals surface area contributed by atoms with Crippen LogP contribution in [0.1, 0.15) is 134 Å². The van der Waals surface area contributed by atoms with Crippen molar-refractivity contribution >= 4 is 24.2 Å². The molecule has 0 spiro atoms. The molecular weight excluding hydrogens is 1730 g/mol. The molecule has 0 amide bonds. The molecule has 738 valence electrons. The van der Waals surface area contributed by atoms with E-state index < -0.39 is 365 Å². The zero-order valence-electron chi connectivity index (χ0n) is 73.5. The van der Waals surface area contributed by atoms with Gasteiger partial charge in [0.25, 0.3) is 0 Å². The van der Waals surface area contributed by atoms with Gasteiger partial charge in [0.1, 0.15) is 158 Å². The van der Waals surface area contributed by atoms with Gasteiger partial charge in [-0.2, -0.15) is 0 Å². The van der Waals surface area contributed by atoms with Crippen molar-refractivity contribution in [3.63, 3.8) is 0 Å². The lowest BCUT2D eigenvalue weighted by Gasteiger charge is -2.71. The van der Waals surface area contributed by atoms with Crippen molar-refractivity contribution < 1.29 is 222 Å². The van der Waals surface area contributed by atoms with Crippen molar-refractivity contribution in [1.82, 2.24) is 0 Å². The topological polar surface area (TPSA) is 689 Å². The molecule has 0 aromatic rings. The van der Waals surface area contributed by atoms with E-state index in [2.05, 4.69) is 26.8 Å². The molecule has 14 rings (SSSR count). The van der Waals surface area contributed by atoms with Gasteiger partial charge in [-0.1, -0.05) is 60.1 Å². The molecule has 9 saturated heterocycles. The number of allylic oxidation sites excluding steroid dienone is 2. The van der Waals surface area contributed by atoms with Gasteiger partial charge in [0.05, 0.1) is 81.7 Å². The maximum Gasteiger partial charge on any atom is 0.335 e. The normalized spacial score (nSPS) is 54.1. The van der Waals surface area contributed by atoms with Crippen LogP contribution in [-0.2, 0) is 109 Å². The Kier molecular flexibility index (Phi) is 30.3. The van der Waals surface area contributed by atoms with Crippen LogP contribution in [0, 0.1) is 56.2 Å². The summed E-state index contributed by atoms with van der Waals surface area (Å²) < 4.78 is 118. The number of rotatable bonds is 24. The standard InChI is InChI=1S/C84H132O45/c1-29-44(93)45(94)30(2)114-68(29)126-63-58(117-33(5)89)32(4)116-74(65(63)128-73-56(105)61(124-71-52(101)49(98)47(96)38(22-85)118-71)57(31(3)115-73)121-70-55(104)59(37(91)25-112-70)122-76-66(106)83(110,27-88)28-113-76)129-77(109)84-19-18-78(6,7)20-35(84)34-12-13-41-79(8)16-15-43(80(9,26-87)40(79)14-17-81(41,10)82(34,11)21-42(84)92)120-75-64(127-72-53(102)50(99)48(97)39(23-86)119-72)60(54(103)62(125-75)67(107)108)123-69-51(100)46(95)36(90)24-111-69/h12,26,29-32,35-66,68-76,85-86,88,90-106,110H,13-25,27-28H2,1-11H3,(H,107,108)/t29?,30?,31?,32?,35?,36?,37?,38?,39?,40?,41?,42-,43+,44?,45?,46?,47?,48?,49?,50?,51?,52?,53?,54?,55?,56?,57?,58?,59?,60?,61?,62?,63?,64?,65?,66?,68?,69?,70?,71?,72?,73?,74?,75?,76?,79+,80+,81-,82-,83?,84-/m1/s1. The third-order valence-corrected chi connectivity index (χ3v) is 31.4. The first kappa shape index (κ1) is 101. The van der Waals surface area contributed by atoms with E-state index in [1.54, 1.807) is 6.92 Å². The second kappa shape index (κ2) is 38.6. The van der Waals surface area contributed by atoms with Crippen LogP contribution in [0.2, 0.25) is 0 Å². The first-order chi connectivity index (χ1) is 60.5. The van der Waals surface area contributed by atoms with Crippen LogP contribution >= 0.6 is 0 Å². The molecule has 9 heterocycles. The predicted octanol–water partition coefficient (Wildman–Crippen LogP) is -7.82. The van der Waals surface area contributed by atoms with Crippen molar-refractivity contribution in [2.24, 2.45) is 56.2 Å². The summed E-state index contributed by atoms with van der Waals surface area (Å²) in [5.41, 5.74) is -7.83. The number of esters is 2. The summed E-state index contributed by atoms with van der Waals surface area (Å²) >= 11 is 0. The van der Waals surface area contributed by atoms with Gasteiger partial charge in [-0.25, -0.2) is 4.79 Å². The molecule has 9 aliphatic heterocycles. The fourth-order valence-electron chi connectivity index (χ4n) is 23.4. The lowest BCUT2D eigenvalue weighted by molar-refractivity contribution is -0.403. The monoisotopic (exact) mass is 1860 g/mol. The number of fused-ring (bicyclic) bond motifs is 7. The molecular formula is C84H132O45. The molecule has 129 heavy (non-hydrogen) atoms. The Balaban J connectivity index is 0.780. The number of aliphatic carboxylic acids is 1. The Labute approximate surface area is 742 Å². The second-order valence-corrected chi connectivity index (χ2v) is 39.8. The van der Waals surface area contributed by atoms with Crippen LogP contribution in [-0.4, -0.2) is 434 Å². The minimum atomic E-state index is -2.31. The quantitative estimate of drug-likeness (QED) is 0.0185. The Hall–Kier alpha value is -3.70. The molecule has 4 saturated carbocycles.